The van der Waals surface area contributed by atoms with Gasteiger partial charge in [-0.05, 0) is 42.9 Å². The second-order valence-corrected chi connectivity index (χ2v) is 6.33. The predicted molar refractivity (Wildman–Crippen MR) is 88.2 cm³/mol. The van der Waals surface area contributed by atoms with Gasteiger partial charge in [-0.2, -0.15) is 0 Å². The minimum atomic E-state index is 0.165. The first kappa shape index (κ1) is 16.0. The highest BCUT2D eigenvalue weighted by atomic mass is 16.1. The number of benzene rings is 1. The highest BCUT2D eigenvalue weighted by Crippen LogP contribution is 2.31. The van der Waals surface area contributed by atoms with Crippen molar-refractivity contribution in [1.82, 2.24) is 5.32 Å². The van der Waals surface area contributed by atoms with Crippen molar-refractivity contribution >= 4 is 11.6 Å². The molecule has 1 amide bonds. The fourth-order valence-corrected chi connectivity index (χ4v) is 3.26. The van der Waals surface area contributed by atoms with E-state index in [1.165, 1.54) is 25.7 Å². The molecule has 0 radical (unpaired) electrons. The van der Waals surface area contributed by atoms with E-state index < -0.39 is 0 Å². The number of para-hydroxylation sites is 1. The van der Waals surface area contributed by atoms with E-state index in [1.54, 1.807) is 0 Å². The minimum Gasteiger partial charge on any atom is -0.326 e. The van der Waals surface area contributed by atoms with Crippen molar-refractivity contribution in [3.63, 3.8) is 0 Å². The molecule has 2 unspecified atom stereocenters. The monoisotopic (exact) mass is 288 g/mol. The van der Waals surface area contributed by atoms with Crippen LogP contribution in [0.5, 0.6) is 0 Å². The van der Waals surface area contributed by atoms with Gasteiger partial charge in [-0.25, -0.2) is 0 Å². The van der Waals surface area contributed by atoms with Gasteiger partial charge >= 0.3 is 0 Å². The number of rotatable bonds is 6. The number of hydrogen-bond acceptors (Lipinski definition) is 2. The molecule has 0 aliphatic heterocycles. The minimum absolute atomic E-state index is 0.165. The topological polar surface area (TPSA) is 41.1 Å². The van der Waals surface area contributed by atoms with Crippen LogP contribution in [0.15, 0.2) is 24.3 Å². The second-order valence-electron chi connectivity index (χ2n) is 6.33. The third-order valence-electron chi connectivity index (χ3n) is 4.38. The highest BCUT2D eigenvalue weighted by Gasteiger charge is 2.21. The maximum absolute atomic E-state index is 12.3. The van der Waals surface area contributed by atoms with Crippen LogP contribution >= 0.6 is 0 Å². The van der Waals surface area contributed by atoms with Crippen molar-refractivity contribution in [1.29, 1.82) is 0 Å². The molecule has 0 aromatic heterocycles. The lowest BCUT2D eigenvalue weighted by Gasteiger charge is -2.26. The molecule has 116 valence electrons. The number of hydrogen-bond donors (Lipinski definition) is 2. The van der Waals surface area contributed by atoms with Crippen LogP contribution in [0.4, 0.5) is 5.69 Å². The smallest absolute Gasteiger partial charge is 0.224 e. The van der Waals surface area contributed by atoms with E-state index in [2.05, 4.69) is 30.5 Å². The number of nitrogens with one attached hydrogen (secondary N) is 2. The van der Waals surface area contributed by atoms with Crippen LogP contribution in [-0.4, -0.2) is 12.5 Å². The van der Waals surface area contributed by atoms with Crippen molar-refractivity contribution in [3.8, 4) is 0 Å². The van der Waals surface area contributed by atoms with E-state index in [4.69, 9.17) is 0 Å². The lowest BCUT2D eigenvalue weighted by Crippen LogP contribution is -2.22. The lowest BCUT2D eigenvalue weighted by molar-refractivity contribution is -0.117. The Morgan fingerprint density at radius 3 is 2.86 bits per heavy atom. The Morgan fingerprint density at radius 1 is 1.29 bits per heavy atom. The molecule has 2 N–H and O–H groups in total. The van der Waals surface area contributed by atoms with E-state index >= 15 is 0 Å². The van der Waals surface area contributed by atoms with Crippen molar-refractivity contribution in [2.45, 2.75) is 52.5 Å². The van der Waals surface area contributed by atoms with Crippen LogP contribution in [0, 0.1) is 11.8 Å². The number of anilines is 1. The molecule has 1 aromatic carbocycles. The Balaban J connectivity index is 1.90. The Bertz CT molecular complexity index is 458. The zero-order chi connectivity index (χ0) is 15.1. The normalized spacial score (nSPS) is 22.0. The summed E-state index contributed by atoms with van der Waals surface area (Å²) in [4.78, 5) is 12.3. The van der Waals surface area contributed by atoms with Crippen LogP contribution < -0.4 is 10.6 Å². The summed E-state index contributed by atoms with van der Waals surface area (Å²) in [5.41, 5.74) is 2.11. The highest BCUT2D eigenvalue weighted by molar-refractivity contribution is 5.91. The first-order valence-electron chi connectivity index (χ1n) is 8.27. The number of amides is 1. The van der Waals surface area contributed by atoms with Gasteiger partial charge in [0, 0.05) is 18.7 Å². The summed E-state index contributed by atoms with van der Waals surface area (Å²) in [6.07, 6.45) is 5.67. The SMILES string of the molecule is CCNCc1ccccc1NC(=O)CC1CCCC(C)C1. The summed E-state index contributed by atoms with van der Waals surface area (Å²) in [5.74, 6) is 1.50. The molecule has 1 saturated carbocycles. The third kappa shape index (κ3) is 5.16. The number of carbonyl (C=O) groups excluding carboxylic acids is 1. The summed E-state index contributed by atoms with van der Waals surface area (Å²) in [6, 6.07) is 8.06. The summed E-state index contributed by atoms with van der Waals surface area (Å²) < 4.78 is 0. The molecular formula is C18H28N2O. The molecule has 1 aliphatic rings. The van der Waals surface area contributed by atoms with E-state index in [0.29, 0.717) is 12.3 Å². The lowest BCUT2D eigenvalue weighted by atomic mass is 9.81. The Morgan fingerprint density at radius 2 is 2.10 bits per heavy atom. The van der Waals surface area contributed by atoms with Crippen LogP contribution in [0.1, 0.15) is 51.5 Å². The molecule has 1 aliphatic carbocycles. The molecule has 2 rings (SSSR count). The van der Waals surface area contributed by atoms with Gasteiger partial charge in [-0.3, -0.25) is 4.79 Å². The molecule has 0 saturated heterocycles. The Labute approximate surface area is 128 Å². The molecule has 0 spiro atoms. The van der Waals surface area contributed by atoms with Crippen molar-refractivity contribution in [2.24, 2.45) is 11.8 Å². The average molecular weight is 288 g/mol. The molecular weight excluding hydrogens is 260 g/mol. The third-order valence-corrected chi connectivity index (χ3v) is 4.38. The Hall–Kier alpha value is -1.35. The van der Waals surface area contributed by atoms with Crippen LogP contribution in [0.25, 0.3) is 0 Å². The standard InChI is InChI=1S/C18H28N2O/c1-3-19-13-16-9-4-5-10-17(16)20-18(21)12-15-8-6-7-14(2)11-15/h4-5,9-10,14-15,19H,3,6-8,11-13H2,1-2H3,(H,20,21). The maximum atomic E-state index is 12.3. The van der Waals surface area contributed by atoms with Gasteiger partial charge in [0.25, 0.3) is 0 Å². The van der Waals surface area contributed by atoms with Gasteiger partial charge in [0.15, 0.2) is 0 Å². The molecule has 3 heteroatoms. The van der Waals surface area contributed by atoms with Gasteiger partial charge in [0.05, 0.1) is 0 Å². The van der Waals surface area contributed by atoms with Crippen LogP contribution in [-0.2, 0) is 11.3 Å². The molecule has 0 heterocycles. The van der Waals surface area contributed by atoms with E-state index in [-0.39, 0.29) is 5.91 Å². The quantitative estimate of drug-likeness (QED) is 0.832. The van der Waals surface area contributed by atoms with E-state index in [9.17, 15) is 4.79 Å². The average Bonchev–Trinajstić information content (AvgIpc) is 2.46. The fraction of sp³-hybridized carbons (Fsp3) is 0.611. The van der Waals surface area contributed by atoms with Gasteiger partial charge in [0.2, 0.25) is 5.91 Å². The van der Waals surface area contributed by atoms with Gasteiger partial charge in [0.1, 0.15) is 0 Å². The molecule has 21 heavy (non-hydrogen) atoms. The predicted octanol–water partition coefficient (Wildman–Crippen LogP) is 3.95. The second kappa shape index (κ2) is 8.18. The molecule has 2 atom stereocenters. The zero-order valence-electron chi connectivity index (χ0n) is 13.3. The molecule has 1 fully saturated rings. The van der Waals surface area contributed by atoms with Crippen LogP contribution in [0.3, 0.4) is 0 Å². The first-order chi connectivity index (χ1) is 10.2. The summed E-state index contributed by atoms with van der Waals surface area (Å²) >= 11 is 0. The molecule has 1 aromatic rings. The summed E-state index contributed by atoms with van der Waals surface area (Å²) in [5, 5.41) is 6.42. The van der Waals surface area contributed by atoms with Crippen LogP contribution in [0.2, 0.25) is 0 Å². The fourth-order valence-electron chi connectivity index (χ4n) is 3.26. The number of carbonyl (C=O) groups is 1. The van der Waals surface area contributed by atoms with Gasteiger partial charge in [-0.1, -0.05) is 44.9 Å². The van der Waals surface area contributed by atoms with Gasteiger partial charge < -0.3 is 10.6 Å². The first-order valence-corrected chi connectivity index (χ1v) is 8.27. The maximum Gasteiger partial charge on any atom is 0.224 e. The van der Waals surface area contributed by atoms with Crippen molar-refractivity contribution < 1.29 is 4.79 Å². The molecule has 0 bridgehead atoms. The van der Waals surface area contributed by atoms with Crippen molar-refractivity contribution in [3.05, 3.63) is 29.8 Å². The molecule has 3 nitrogen and oxygen atoms in total. The Kier molecular flexibility index (Phi) is 6.24. The van der Waals surface area contributed by atoms with Crippen molar-refractivity contribution in [2.75, 3.05) is 11.9 Å². The summed E-state index contributed by atoms with van der Waals surface area (Å²) in [6.45, 7) is 6.12. The zero-order valence-corrected chi connectivity index (χ0v) is 13.3. The van der Waals surface area contributed by atoms with E-state index in [0.717, 1.165) is 30.3 Å². The van der Waals surface area contributed by atoms with Gasteiger partial charge in [-0.15, -0.1) is 0 Å². The summed E-state index contributed by atoms with van der Waals surface area (Å²) in [7, 11) is 0. The largest absolute Gasteiger partial charge is 0.326 e. The van der Waals surface area contributed by atoms with E-state index in [1.807, 2.05) is 18.2 Å².